The Balaban J connectivity index is 2.01. The van der Waals surface area contributed by atoms with Gasteiger partial charge in [0.1, 0.15) is 11.6 Å². The summed E-state index contributed by atoms with van der Waals surface area (Å²) in [5, 5.41) is 2.50. The number of aryl methyl sites for hydroxylation is 1. The number of benzene rings is 2. The number of methoxy groups -OCH3 is 1. The van der Waals surface area contributed by atoms with Crippen LogP contribution in [0.15, 0.2) is 48.5 Å². The van der Waals surface area contributed by atoms with Gasteiger partial charge in [-0.05, 0) is 48.4 Å². The normalized spacial score (nSPS) is 10.6. The molecular weight excluding hydrogens is 269 g/mol. The van der Waals surface area contributed by atoms with Crippen molar-refractivity contribution in [2.45, 2.75) is 6.92 Å². The van der Waals surface area contributed by atoms with Crippen molar-refractivity contribution in [2.24, 2.45) is 0 Å². The molecule has 0 unspecified atom stereocenters. The third kappa shape index (κ3) is 4.18. The largest absolute Gasteiger partial charge is 0.497 e. The van der Waals surface area contributed by atoms with Gasteiger partial charge in [0, 0.05) is 6.08 Å². The average Bonchev–Trinajstić information content (AvgIpc) is 2.48. The minimum atomic E-state index is -0.443. The molecule has 0 bridgehead atoms. The molecule has 0 fully saturated rings. The Morgan fingerprint density at radius 3 is 2.52 bits per heavy atom. The summed E-state index contributed by atoms with van der Waals surface area (Å²) < 4.78 is 18.7. The molecule has 0 saturated carbocycles. The zero-order valence-electron chi connectivity index (χ0n) is 11.9. The molecule has 0 radical (unpaired) electrons. The summed E-state index contributed by atoms with van der Waals surface area (Å²) in [6, 6.07) is 11.9. The highest BCUT2D eigenvalue weighted by Crippen LogP contribution is 2.16. The molecule has 0 heterocycles. The van der Waals surface area contributed by atoms with Crippen molar-refractivity contribution in [2.75, 3.05) is 12.4 Å². The van der Waals surface area contributed by atoms with E-state index < -0.39 is 5.82 Å². The van der Waals surface area contributed by atoms with Crippen molar-refractivity contribution in [1.82, 2.24) is 0 Å². The molecule has 2 aromatic carbocycles. The molecule has 0 aromatic heterocycles. The van der Waals surface area contributed by atoms with E-state index in [4.69, 9.17) is 4.74 Å². The summed E-state index contributed by atoms with van der Waals surface area (Å²) in [4.78, 5) is 11.8. The van der Waals surface area contributed by atoms with E-state index in [1.54, 1.807) is 44.4 Å². The van der Waals surface area contributed by atoms with Crippen molar-refractivity contribution in [3.8, 4) is 5.75 Å². The molecule has 0 aliphatic heterocycles. The van der Waals surface area contributed by atoms with Gasteiger partial charge in [0.15, 0.2) is 0 Å². The van der Waals surface area contributed by atoms with Gasteiger partial charge in [-0.1, -0.05) is 18.2 Å². The van der Waals surface area contributed by atoms with Crippen molar-refractivity contribution >= 4 is 17.7 Å². The van der Waals surface area contributed by atoms with Crippen LogP contribution >= 0.6 is 0 Å². The smallest absolute Gasteiger partial charge is 0.248 e. The molecule has 0 aliphatic rings. The molecule has 0 aliphatic carbocycles. The predicted molar refractivity (Wildman–Crippen MR) is 81.8 cm³/mol. The van der Waals surface area contributed by atoms with Crippen LogP contribution in [0.3, 0.4) is 0 Å². The summed E-state index contributed by atoms with van der Waals surface area (Å²) in [6.07, 6.45) is 3.02. The Labute approximate surface area is 123 Å². The molecule has 0 saturated heterocycles. The van der Waals surface area contributed by atoms with Gasteiger partial charge >= 0.3 is 0 Å². The molecule has 21 heavy (non-hydrogen) atoms. The van der Waals surface area contributed by atoms with E-state index in [2.05, 4.69) is 5.32 Å². The number of hydrogen-bond acceptors (Lipinski definition) is 2. The highest BCUT2D eigenvalue weighted by atomic mass is 19.1. The van der Waals surface area contributed by atoms with Crippen LogP contribution in [0.25, 0.3) is 6.08 Å². The Kier molecular flexibility index (Phi) is 4.72. The van der Waals surface area contributed by atoms with E-state index in [1.165, 1.54) is 12.1 Å². The van der Waals surface area contributed by atoms with Gasteiger partial charge in [-0.15, -0.1) is 0 Å². The zero-order valence-corrected chi connectivity index (χ0v) is 11.9. The number of ether oxygens (including phenoxy) is 1. The van der Waals surface area contributed by atoms with Gasteiger partial charge < -0.3 is 10.1 Å². The number of hydrogen-bond donors (Lipinski definition) is 1. The number of rotatable bonds is 4. The standard InChI is InChI=1S/C17H16FNO2/c1-12-3-9-16(15(18)11-12)19-17(20)10-6-13-4-7-14(21-2)8-5-13/h3-11H,1-2H3,(H,19,20)/b10-6+. The predicted octanol–water partition coefficient (Wildman–Crippen LogP) is 3.79. The summed E-state index contributed by atoms with van der Waals surface area (Å²) in [6.45, 7) is 1.79. The number of carbonyl (C=O) groups is 1. The van der Waals surface area contributed by atoms with Gasteiger partial charge in [-0.2, -0.15) is 0 Å². The number of carbonyl (C=O) groups excluding carboxylic acids is 1. The second kappa shape index (κ2) is 6.70. The Morgan fingerprint density at radius 1 is 1.19 bits per heavy atom. The number of amides is 1. The second-order valence-electron chi connectivity index (χ2n) is 4.58. The van der Waals surface area contributed by atoms with Gasteiger partial charge in [-0.3, -0.25) is 4.79 Å². The fourth-order valence-corrected chi connectivity index (χ4v) is 1.78. The Hall–Kier alpha value is -2.62. The topological polar surface area (TPSA) is 38.3 Å². The fraction of sp³-hybridized carbons (Fsp3) is 0.118. The summed E-state index contributed by atoms with van der Waals surface area (Å²) >= 11 is 0. The maximum Gasteiger partial charge on any atom is 0.248 e. The maximum atomic E-state index is 13.6. The molecule has 108 valence electrons. The van der Waals surface area contributed by atoms with Crippen LogP contribution in [0.5, 0.6) is 5.75 Å². The van der Waals surface area contributed by atoms with Crippen LogP contribution in [0.2, 0.25) is 0 Å². The molecule has 2 aromatic rings. The third-order valence-electron chi connectivity index (χ3n) is 2.93. The molecule has 0 spiro atoms. The lowest BCUT2D eigenvalue weighted by atomic mass is 10.2. The minimum absolute atomic E-state index is 0.171. The first kappa shape index (κ1) is 14.8. The van der Waals surface area contributed by atoms with Gasteiger partial charge in [0.05, 0.1) is 12.8 Å². The van der Waals surface area contributed by atoms with E-state index in [-0.39, 0.29) is 11.6 Å². The van der Waals surface area contributed by atoms with Crippen molar-refractivity contribution < 1.29 is 13.9 Å². The Morgan fingerprint density at radius 2 is 1.90 bits per heavy atom. The average molecular weight is 285 g/mol. The molecule has 3 nitrogen and oxygen atoms in total. The number of nitrogens with one attached hydrogen (secondary N) is 1. The van der Waals surface area contributed by atoms with Gasteiger partial charge in [0.2, 0.25) is 5.91 Å². The SMILES string of the molecule is COc1ccc(/C=C/C(=O)Nc2ccc(C)cc2F)cc1. The zero-order chi connectivity index (χ0) is 15.2. The van der Waals surface area contributed by atoms with Gasteiger partial charge in [0.25, 0.3) is 0 Å². The lowest BCUT2D eigenvalue weighted by Gasteiger charge is -2.04. The third-order valence-corrected chi connectivity index (χ3v) is 2.93. The molecule has 0 atom stereocenters. The maximum absolute atomic E-state index is 13.6. The molecular formula is C17H16FNO2. The number of halogens is 1. The van der Waals surface area contributed by atoms with Crippen LogP contribution in [0, 0.1) is 12.7 Å². The van der Waals surface area contributed by atoms with Crippen molar-refractivity contribution in [3.05, 3.63) is 65.5 Å². The first-order valence-electron chi connectivity index (χ1n) is 6.48. The van der Waals surface area contributed by atoms with Crippen molar-refractivity contribution in [1.29, 1.82) is 0 Å². The minimum Gasteiger partial charge on any atom is -0.497 e. The highest BCUT2D eigenvalue weighted by molar-refractivity contribution is 6.02. The Bertz CT molecular complexity index is 663. The molecule has 4 heteroatoms. The lowest BCUT2D eigenvalue weighted by molar-refractivity contribution is -0.111. The molecule has 2 rings (SSSR count). The van der Waals surface area contributed by atoms with Crippen LogP contribution in [-0.4, -0.2) is 13.0 Å². The van der Waals surface area contributed by atoms with E-state index in [0.717, 1.165) is 16.9 Å². The monoisotopic (exact) mass is 285 g/mol. The van der Waals surface area contributed by atoms with Gasteiger partial charge in [-0.25, -0.2) is 4.39 Å². The van der Waals surface area contributed by atoms with E-state index >= 15 is 0 Å². The first-order valence-corrected chi connectivity index (χ1v) is 6.48. The van der Waals surface area contributed by atoms with Crippen LogP contribution in [0.4, 0.5) is 10.1 Å². The molecule has 1 amide bonds. The van der Waals surface area contributed by atoms with Crippen LogP contribution < -0.4 is 10.1 Å². The quantitative estimate of drug-likeness (QED) is 0.868. The van der Waals surface area contributed by atoms with E-state index in [9.17, 15) is 9.18 Å². The van der Waals surface area contributed by atoms with Crippen molar-refractivity contribution in [3.63, 3.8) is 0 Å². The highest BCUT2D eigenvalue weighted by Gasteiger charge is 2.04. The summed E-state index contributed by atoms with van der Waals surface area (Å²) in [7, 11) is 1.59. The molecule has 1 N–H and O–H groups in total. The fourth-order valence-electron chi connectivity index (χ4n) is 1.78. The second-order valence-corrected chi connectivity index (χ2v) is 4.58. The van der Waals surface area contributed by atoms with Crippen LogP contribution in [0.1, 0.15) is 11.1 Å². The summed E-state index contributed by atoms with van der Waals surface area (Å²) in [5.41, 5.74) is 1.83. The first-order chi connectivity index (χ1) is 10.1. The lowest BCUT2D eigenvalue weighted by Crippen LogP contribution is -2.09. The number of anilines is 1. The van der Waals surface area contributed by atoms with E-state index in [1.807, 2.05) is 12.1 Å². The summed E-state index contributed by atoms with van der Waals surface area (Å²) in [5.74, 6) is -0.0758. The van der Waals surface area contributed by atoms with E-state index in [0.29, 0.717) is 0 Å². The van der Waals surface area contributed by atoms with Crippen LogP contribution in [-0.2, 0) is 4.79 Å².